The van der Waals surface area contributed by atoms with E-state index in [1.165, 1.54) is 0 Å². The standard InChI is InChI=1S/C16H19N3O/c20-14-4-5-15-13(10-14)9-12(11-19-15)6-8-18-16-3-1-2-7-17-16/h1-2,4-5,7,10-12,16,18,20H,3,6,8-9H2. The van der Waals surface area contributed by atoms with E-state index in [4.69, 9.17) is 0 Å². The van der Waals surface area contributed by atoms with E-state index < -0.39 is 0 Å². The number of aromatic hydroxyl groups is 1. The molecule has 3 rings (SSSR count). The highest BCUT2D eigenvalue weighted by atomic mass is 16.3. The summed E-state index contributed by atoms with van der Waals surface area (Å²) in [5, 5.41) is 13.0. The number of dihydropyridines is 1. The third-order valence-electron chi connectivity index (χ3n) is 3.71. The molecule has 2 heterocycles. The maximum Gasteiger partial charge on any atom is 0.116 e. The van der Waals surface area contributed by atoms with Crippen LogP contribution in [0.25, 0.3) is 0 Å². The number of allylic oxidation sites excluding steroid dienone is 1. The minimum atomic E-state index is 0.219. The molecule has 20 heavy (non-hydrogen) atoms. The van der Waals surface area contributed by atoms with Gasteiger partial charge < -0.3 is 5.11 Å². The van der Waals surface area contributed by atoms with E-state index >= 15 is 0 Å². The average molecular weight is 269 g/mol. The normalized spacial score (nSPS) is 23.8. The zero-order valence-electron chi connectivity index (χ0n) is 11.4. The molecule has 2 aliphatic heterocycles. The van der Waals surface area contributed by atoms with Gasteiger partial charge in [-0.2, -0.15) is 0 Å². The Balaban J connectivity index is 1.50. The second kappa shape index (κ2) is 6.01. The van der Waals surface area contributed by atoms with Crippen molar-refractivity contribution in [1.82, 2.24) is 5.32 Å². The molecule has 4 heteroatoms. The van der Waals surface area contributed by atoms with Gasteiger partial charge in [-0.3, -0.25) is 15.3 Å². The number of benzene rings is 1. The molecule has 4 nitrogen and oxygen atoms in total. The van der Waals surface area contributed by atoms with Gasteiger partial charge in [0.05, 0.1) is 5.69 Å². The Morgan fingerprint density at radius 2 is 2.30 bits per heavy atom. The van der Waals surface area contributed by atoms with Crippen LogP contribution in [0, 0.1) is 5.92 Å². The van der Waals surface area contributed by atoms with Crippen LogP contribution < -0.4 is 5.32 Å². The van der Waals surface area contributed by atoms with Crippen molar-refractivity contribution in [2.24, 2.45) is 15.9 Å². The Morgan fingerprint density at radius 3 is 3.15 bits per heavy atom. The van der Waals surface area contributed by atoms with Gasteiger partial charge in [0.25, 0.3) is 0 Å². The third kappa shape index (κ3) is 3.14. The minimum Gasteiger partial charge on any atom is -0.508 e. The molecule has 0 radical (unpaired) electrons. The van der Waals surface area contributed by atoms with Gasteiger partial charge in [0, 0.05) is 18.9 Å². The fourth-order valence-electron chi connectivity index (χ4n) is 2.61. The number of hydrogen-bond donors (Lipinski definition) is 2. The summed E-state index contributed by atoms with van der Waals surface area (Å²) in [6, 6.07) is 5.38. The lowest BCUT2D eigenvalue weighted by molar-refractivity contribution is 0.472. The Kier molecular flexibility index (Phi) is 3.92. The van der Waals surface area contributed by atoms with E-state index in [9.17, 15) is 5.11 Å². The highest BCUT2D eigenvalue weighted by Gasteiger charge is 2.16. The predicted molar refractivity (Wildman–Crippen MR) is 82.1 cm³/mol. The number of aliphatic imine (C=N–C) groups is 2. The first kappa shape index (κ1) is 13.1. The summed E-state index contributed by atoms with van der Waals surface area (Å²) in [7, 11) is 0. The number of fused-ring (bicyclic) bond motifs is 1. The SMILES string of the molecule is Oc1ccc2c(c1)CC(CCNC1CC=CC=N1)C=N2. The van der Waals surface area contributed by atoms with Crippen LogP contribution in [0.4, 0.5) is 5.69 Å². The smallest absolute Gasteiger partial charge is 0.116 e. The van der Waals surface area contributed by atoms with Crippen LogP contribution >= 0.6 is 0 Å². The number of phenolic OH excluding ortho intramolecular Hbond substituents is 1. The Morgan fingerprint density at radius 1 is 1.35 bits per heavy atom. The van der Waals surface area contributed by atoms with Crippen molar-refractivity contribution in [3.63, 3.8) is 0 Å². The molecule has 2 N–H and O–H groups in total. The Hall–Kier alpha value is -1.94. The highest BCUT2D eigenvalue weighted by Crippen LogP contribution is 2.30. The van der Waals surface area contributed by atoms with Gasteiger partial charge in [-0.05, 0) is 55.1 Å². The summed E-state index contributed by atoms with van der Waals surface area (Å²) in [6.07, 6.45) is 11.2. The Bertz CT molecular complexity index is 563. The topological polar surface area (TPSA) is 57.0 Å². The van der Waals surface area contributed by atoms with Crippen molar-refractivity contribution in [2.45, 2.75) is 25.4 Å². The van der Waals surface area contributed by atoms with Crippen LogP contribution in [0.3, 0.4) is 0 Å². The summed E-state index contributed by atoms with van der Waals surface area (Å²) in [4.78, 5) is 8.85. The molecule has 0 spiro atoms. The maximum absolute atomic E-state index is 9.53. The van der Waals surface area contributed by atoms with Crippen molar-refractivity contribution in [2.75, 3.05) is 6.54 Å². The third-order valence-corrected chi connectivity index (χ3v) is 3.71. The number of rotatable bonds is 4. The first-order valence-electron chi connectivity index (χ1n) is 7.09. The van der Waals surface area contributed by atoms with Crippen LogP contribution in [-0.2, 0) is 6.42 Å². The van der Waals surface area contributed by atoms with Crippen molar-refractivity contribution >= 4 is 18.1 Å². The van der Waals surface area contributed by atoms with Gasteiger partial charge in [0.1, 0.15) is 11.9 Å². The van der Waals surface area contributed by atoms with Crippen LogP contribution in [0.15, 0.2) is 40.3 Å². The van der Waals surface area contributed by atoms with Crippen LogP contribution in [0.1, 0.15) is 18.4 Å². The van der Waals surface area contributed by atoms with E-state index in [1.807, 2.05) is 30.6 Å². The lowest BCUT2D eigenvalue weighted by Gasteiger charge is -2.20. The number of nitrogens with zero attached hydrogens (tertiary/aromatic N) is 2. The Labute approximate surface area is 119 Å². The van der Waals surface area contributed by atoms with Gasteiger partial charge in [-0.1, -0.05) is 6.08 Å². The number of hydrogen-bond acceptors (Lipinski definition) is 4. The molecule has 0 aliphatic carbocycles. The van der Waals surface area contributed by atoms with Gasteiger partial charge >= 0.3 is 0 Å². The van der Waals surface area contributed by atoms with E-state index in [0.29, 0.717) is 11.7 Å². The van der Waals surface area contributed by atoms with Crippen LogP contribution in [0.5, 0.6) is 5.75 Å². The quantitative estimate of drug-likeness (QED) is 0.882. The zero-order valence-corrected chi connectivity index (χ0v) is 11.4. The predicted octanol–water partition coefficient (Wildman–Crippen LogP) is 2.60. The lowest BCUT2D eigenvalue weighted by atomic mass is 9.93. The summed E-state index contributed by atoms with van der Waals surface area (Å²) >= 11 is 0. The minimum absolute atomic E-state index is 0.219. The average Bonchev–Trinajstić information content (AvgIpc) is 2.48. The molecule has 0 saturated heterocycles. The molecule has 2 aliphatic rings. The number of phenols is 1. The molecule has 0 saturated carbocycles. The largest absolute Gasteiger partial charge is 0.508 e. The fraction of sp³-hybridized carbons (Fsp3) is 0.375. The number of nitrogens with one attached hydrogen (secondary N) is 1. The van der Waals surface area contributed by atoms with E-state index in [-0.39, 0.29) is 6.17 Å². The van der Waals surface area contributed by atoms with Gasteiger partial charge in [0.2, 0.25) is 0 Å². The summed E-state index contributed by atoms with van der Waals surface area (Å²) in [6.45, 7) is 0.931. The van der Waals surface area contributed by atoms with Crippen molar-refractivity contribution in [3.8, 4) is 5.75 Å². The van der Waals surface area contributed by atoms with E-state index in [0.717, 1.165) is 37.1 Å². The lowest BCUT2D eigenvalue weighted by Crippen LogP contribution is -2.30. The molecule has 0 aromatic heterocycles. The monoisotopic (exact) mass is 269 g/mol. The fourth-order valence-corrected chi connectivity index (χ4v) is 2.61. The van der Waals surface area contributed by atoms with E-state index in [1.54, 1.807) is 6.07 Å². The van der Waals surface area contributed by atoms with Crippen molar-refractivity contribution < 1.29 is 5.11 Å². The van der Waals surface area contributed by atoms with Crippen LogP contribution in [-0.4, -0.2) is 30.2 Å². The molecular formula is C16H19N3O. The molecule has 2 unspecified atom stereocenters. The molecule has 104 valence electrons. The summed E-state index contributed by atoms with van der Waals surface area (Å²) in [5.41, 5.74) is 2.12. The highest BCUT2D eigenvalue weighted by molar-refractivity contribution is 5.72. The summed E-state index contributed by atoms with van der Waals surface area (Å²) in [5.74, 6) is 0.751. The molecule has 0 fully saturated rings. The molecular weight excluding hydrogens is 250 g/mol. The second-order valence-electron chi connectivity index (χ2n) is 5.28. The molecule has 1 aromatic rings. The molecule has 2 atom stereocenters. The van der Waals surface area contributed by atoms with Crippen LogP contribution in [0.2, 0.25) is 0 Å². The van der Waals surface area contributed by atoms with Gasteiger partial charge in [-0.25, -0.2) is 0 Å². The van der Waals surface area contributed by atoms with Crippen molar-refractivity contribution in [1.29, 1.82) is 0 Å². The molecule has 0 bridgehead atoms. The first-order valence-corrected chi connectivity index (χ1v) is 7.09. The maximum atomic E-state index is 9.53. The molecule has 1 aromatic carbocycles. The van der Waals surface area contributed by atoms with Gasteiger partial charge in [-0.15, -0.1) is 0 Å². The van der Waals surface area contributed by atoms with E-state index in [2.05, 4.69) is 21.4 Å². The molecule has 0 amide bonds. The zero-order chi connectivity index (χ0) is 13.8. The summed E-state index contributed by atoms with van der Waals surface area (Å²) < 4.78 is 0. The van der Waals surface area contributed by atoms with Gasteiger partial charge in [0.15, 0.2) is 0 Å². The first-order chi connectivity index (χ1) is 9.81. The second-order valence-corrected chi connectivity index (χ2v) is 5.28. The van der Waals surface area contributed by atoms with Crippen molar-refractivity contribution in [3.05, 3.63) is 35.9 Å².